The van der Waals surface area contributed by atoms with Gasteiger partial charge in [-0.1, -0.05) is 36.8 Å². The van der Waals surface area contributed by atoms with Crippen molar-refractivity contribution in [3.05, 3.63) is 41.9 Å². The number of aryl methyl sites for hydroxylation is 1. The molecule has 0 atom stereocenters. The minimum absolute atomic E-state index is 0.746. The van der Waals surface area contributed by atoms with Crippen molar-refractivity contribution >= 4 is 0 Å². The molecule has 0 fully saturated rings. The minimum atomic E-state index is 0.746. The summed E-state index contributed by atoms with van der Waals surface area (Å²) in [7, 11) is 0. The molecule has 3 heteroatoms. The Bertz CT molecular complexity index is 445. The van der Waals surface area contributed by atoms with Gasteiger partial charge in [-0.15, -0.1) is 0 Å². The molecular weight excluding hydrogens is 200 g/mol. The summed E-state index contributed by atoms with van der Waals surface area (Å²) in [5.41, 5.74) is 3.29. The van der Waals surface area contributed by atoms with Crippen molar-refractivity contribution in [1.82, 2.24) is 10.3 Å². The molecule has 0 saturated carbocycles. The van der Waals surface area contributed by atoms with E-state index < -0.39 is 0 Å². The molecule has 2 aromatic rings. The highest BCUT2D eigenvalue weighted by atomic mass is 16.3. The van der Waals surface area contributed by atoms with E-state index >= 15 is 0 Å². The van der Waals surface area contributed by atoms with Gasteiger partial charge in [0.15, 0.2) is 12.2 Å². The summed E-state index contributed by atoms with van der Waals surface area (Å²) in [5, 5.41) is 3.25. The Hall–Kier alpha value is -1.61. The molecule has 0 aliphatic rings. The summed E-state index contributed by atoms with van der Waals surface area (Å²) in [6.45, 7) is 5.83. The van der Waals surface area contributed by atoms with Crippen molar-refractivity contribution in [2.75, 3.05) is 6.54 Å². The molecule has 0 aliphatic carbocycles. The number of nitrogens with zero attached hydrogens (tertiary/aromatic N) is 1. The maximum atomic E-state index is 5.44. The Labute approximate surface area is 95.5 Å². The molecule has 0 bridgehead atoms. The smallest absolute Gasteiger partial charge is 0.181 e. The van der Waals surface area contributed by atoms with Crippen LogP contribution in [-0.2, 0) is 6.54 Å². The molecule has 1 aromatic carbocycles. The third-order valence-electron chi connectivity index (χ3n) is 2.50. The summed E-state index contributed by atoms with van der Waals surface area (Å²) in [4.78, 5) is 4.22. The number of oxazole rings is 1. The molecule has 0 saturated heterocycles. The van der Waals surface area contributed by atoms with Gasteiger partial charge in [-0.25, -0.2) is 4.98 Å². The fourth-order valence-electron chi connectivity index (χ4n) is 1.58. The van der Waals surface area contributed by atoms with E-state index in [1.54, 1.807) is 0 Å². The van der Waals surface area contributed by atoms with E-state index in [2.05, 4.69) is 48.4 Å². The summed E-state index contributed by atoms with van der Waals surface area (Å²) >= 11 is 0. The highest BCUT2D eigenvalue weighted by Crippen LogP contribution is 2.23. The average Bonchev–Trinajstić information content (AvgIpc) is 2.75. The van der Waals surface area contributed by atoms with Gasteiger partial charge in [0.05, 0.1) is 0 Å². The third kappa shape index (κ3) is 2.31. The Morgan fingerprint density at radius 1 is 1.25 bits per heavy atom. The zero-order valence-corrected chi connectivity index (χ0v) is 9.66. The van der Waals surface area contributed by atoms with Crippen molar-refractivity contribution in [3.63, 3.8) is 0 Å². The van der Waals surface area contributed by atoms with Gasteiger partial charge in [-0.05, 0) is 13.5 Å². The Morgan fingerprint density at radius 3 is 2.69 bits per heavy atom. The van der Waals surface area contributed by atoms with Crippen molar-refractivity contribution in [2.24, 2.45) is 0 Å². The van der Waals surface area contributed by atoms with Gasteiger partial charge in [0, 0.05) is 12.1 Å². The lowest BCUT2D eigenvalue weighted by molar-refractivity contribution is 0.570. The fraction of sp³-hybridized carbons (Fsp3) is 0.308. The molecule has 16 heavy (non-hydrogen) atoms. The third-order valence-corrected chi connectivity index (χ3v) is 2.50. The largest absolute Gasteiger partial charge is 0.443 e. The minimum Gasteiger partial charge on any atom is -0.443 e. The standard InChI is InChI=1S/C13H16N2O/c1-3-14-8-12-13(16-9-15-12)11-6-4-10(2)5-7-11/h4-7,9,14H,3,8H2,1-2H3. The van der Waals surface area contributed by atoms with Crippen LogP contribution in [0.15, 0.2) is 35.1 Å². The van der Waals surface area contributed by atoms with E-state index in [0.717, 1.165) is 30.1 Å². The van der Waals surface area contributed by atoms with Crippen molar-refractivity contribution < 1.29 is 4.42 Å². The number of rotatable bonds is 4. The molecule has 1 aromatic heterocycles. The van der Waals surface area contributed by atoms with E-state index in [0.29, 0.717) is 0 Å². The molecule has 0 radical (unpaired) electrons. The average molecular weight is 216 g/mol. The lowest BCUT2D eigenvalue weighted by Crippen LogP contribution is -2.12. The van der Waals surface area contributed by atoms with Crippen LogP contribution < -0.4 is 5.32 Å². The first-order valence-electron chi connectivity index (χ1n) is 5.51. The molecule has 1 heterocycles. The number of hydrogen-bond acceptors (Lipinski definition) is 3. The SMILES string of the molecule is CCNCc1ncoc1-c1ccc(C)cc1. The van der Waals surface area contributed by atoms with Crippen LogP contribution in [0.4, 0.5) is 0 Å². The number of benzene rings is 1. The molecule has 2 rings (SSSR count). The van der Waals surface area contributed by atoms with Gasteiger partial charge in [-0.3, -0.25) is 0 Å². The van der Waals surface area contributed by atoms with Gasteiger partial charge in [-0.2, -0.15) is 0 Å². The van der Waals surface area contributed by atoms with Gasteiger partial charge in [0.2, 0.25) is 0 Å². The van der Waals surface area contributed by atoms with Gasteiger partial charge in [0.1, 0.15) is 5.69 Å². The van der Waals surface area contributed by atoms with E-state index in [-0.39, 0.29) is 0 Å². The van der Waals surface area contributed by atoms with Gasteiger partial charge in [0.25, 0.3) is 0 Å². The fourth-order valence-corrected chi connectivity index (χ4v) is 1.58. The topological polar surface area (TPSA) is 38.1 Å². The summed E-state index contributed by atoms with van der Waals surface area (Å²) in [6.07, 6.45) is 1.50. The molecule has 3 nitrogen and oxygen atoms in total. The maximum absolute atomic E-state index is 5.44. The summed E-state index contributed by atoms with van der Waals surface area (Å²) in [5.74, 6) is 0.862. The molecule has 0 amide bonds. The van der Waals surface area contributed by atoms with Crippen molar-refractivity contribution in [2.45, 2.75) is 20.4 Å². The first kappa shape index (κ1) is 10.9. The van der Waals surface area contributed by atoms with Gasteiger partial charge >= 0.3 is 0 Å². The number of aromatic nitrogens is 1. The zero-order chi connectivity index (χ0) is 11.4. The highest BCUT2D eigenvalue weighted by Gasteiger charge is 2.09. The van der Waals surface area contributed by atoms with E-state index in [4.69, 9.17) is 4.42 Å². The van der Waals surface area contributed by atoms with Crippen LogP contribution in [0.2, 0.25) is 0 Å². The van der Waals surface area contributed by atoms with Crippen LogP contribution in [-0.4, -0.2) is 11.5 Å². The first-order valence-corrected chi connectivity index (χ1v) is 5.51. The van der Waals surface area contributed by atoms with Gasteiger partial charge < -0.3 is 9.73 Å². The maximum Gasteiger partial charge on any atom is 0.181 e. The predicted octanol–water partition coefficient (Wildman–Crippen LogP) is 2.76. The lowest BCUT2D eigenvalue weighted by Gasteiger charge is -2.02. The van der Waals surface area contributed by atoms with Crippen LogP contribution in [0.5, 0.6) is 0 Å². The Kier molecular flexibility index (Phi) is 3.37. The molecule has 1 N–H and O–H groups in total. The molecular formula is C13H16N2O. The molecule has 84 valence electrons. The predicted molar refractivity (Wildman–Crippen MR) is 64.1 cm³/mol. The van der Waals surface area contributed by atoms with Crippen LogP contribution >= 0.6 is 0 Å². The van der Waals surface area contributed by atoms with Crippen LogP contribution in [0.1, 0.15) is 18.2 Å². The second kappa shape index (κ2) is 4.94. The number of nitrogens with one attached hydrogen (secondary N) is 1. The van der Waals surface area contributed by atoms with Crippen molar-refractivity contribution in [1.29, 1.82) is 0 Å². The molecule has 0 unspecified atom stereocenters. The second-order valence-electron chi connectivity index (χ2n) is 3.77. The van der Waals surface area contributed by atoms with E-state index in [9.17, 15) is 0 Å². The quantitative estimate of drug-likeness (QED) is 0.854. The van der Waals surface area contributed by atoms with Crippen LogP contribution in [0.25, 0.3) is 11.3 Å². The Balaban J connectivity index is 2.26. The highest BCUT2D eigenvalue weighted by molar-refractivity contribution is 5.59. The molecule has 0 spiro atoms. The summed E-state index contributed by atoms with van der Waals surface area (Å²) < 4.78 is 5.44. The van der Waals surface area contributed by atoms with Crippen LogP contribution in [0, 0.1) is 6.92 Å². The second-order valence-corrected chi connectivity index (χ2v) is 3.77. The van der Waals surface area contributed by atoms with E-state index in [1.807, 2.05) is 0 Å². The zero-order valence-electron chi connectivity index (χ0n) is 9.66. The lowest BCUT2D eigenvalue weighted by atomic mass is 10.1. The number of hydrogen-bond donors (Lipinski definition) is 1. The molecule has 0 aliphatic heterocycles. The van der Waals surface area contributed by atoms with E-state index in [1.165, 1.54) is 12.0 Å². The monoisotopic (exact) mass is 216 g/mol. The first-order chi connectivity index (χ1) is 7.81. The summed E-state index contributed by atoms with van der Waals surface area (Å²) in [6, 6.07) is 8.28. The normalized spacial score (nSPS) is 10.6. The van der Waals surface area contributed by atoms with Crippen LogP contribution in [0.3, 0.4) is 0 Å². The van der Waals surface area contributed by atoms with Crippen molar-refractivity contribution in [3.8, 4) is 11.3 Å². The Morgan fingerprint density at radius 2 is 2.00 bits per heavy atom.